The number of piperidine rings is 1. The summed E-state index contributed by atoms with van der Waals surface area (Å²) >= 11 is 0. The van der Waals surface area contributed by atoms with Crippen molar-refractivity contribution >= 4 is 5.91 Å². The summed E-state index contributed by atoms with van der Waals surface area (Å²) in [5, 5.41) is 6.64. The van der Waals surface area contributed by atoms with Crippen LogP contribution >= 0.6 is 0 Å². The third-order valence-corrected chi connectivity index (χ3v) is 5.39. The van der Waals surface area contributed by atoms with Crippen LogP contribution in [0.5, 0.6) is 0 Å². The molecule has 1 heterocycles. The molecule has 4 heteroatoms. The Kier molecular flexibility index (Phi) is 6.04. The van der Waals surface area contributed by atoms with Gasteiger partial charge in [-0.25, -0.2) is 4.39 Å². The molecule has 3 nitrogen and oxygen atoms in total. The molecule has 1 amide bonds. The first-order valence-corrected chi connectivity index (χ1v) is 9.36. The summed E-state index contributed by atoms with van der Waals surface area (Å²) in [4.78, 5) is 12.7. The molecule has 2 N–H and O–H groups in total. The molecule has 0 aliphatic carbocycles. The van der Waals surface area contributed by atoms with Crippen LogP contribution in [0.2, 0.25) is 0 Å². The van der Waals surface area contributed by atoms with Crippen molar-refractivity contribution in [2.45, 2.75) is 38.1 Å². The molecule has 3 rings (SSSR count). The van der Waals surface area contributed by atoms with Gasteiger partial charge in [0.2, 0.25) is 5.91 Å². The van der Waals surface area contributed by atoms with E-state index in [1.807, 2.05) is 18.2 Å². The minimum absolute atomic E-state index is 0.0715. The number of benzene rings is 2. The van der Waals surface area contributed by atoms with Crippen LogP contribution in [-0.4, -0.2) is 24.5 Å². The van der Waals surface area contributed by atoms with Gasteiger partial charge in [-0.3, -0.25) is 4.79 Å². The van der Waals surface area contributed by atoms with E-state index in [9.17, 15) is 9.18 Å². The fourth-order valence-electron chi connectivity index (χ4n) is 3.95. The van der Waals surface area contributed by atoms with E-state index in [4.69, 9.17) is 0 Å². The molecule has 0 saturated carbocycles. The first kappa shape index (κ1) is 18.6. The van der Waals surface area contributed by atoms with Crippen molar-refractivity contribution in [3.8, 4) is 0 Å². The average Bonchev–Trinajstić information content (AvgIpc) is 2.65. The Balaban J connectivity index is 1.76. The van der Waals surface area contributed by atoms with Crippen LogP contribution in [0.3, 0.4) is 0 Å². The SMILES string of the molecule is CC(Cc1ccccc1)(NC(=O)Cc1ccccc1F)C1CCNCC1. The van der Waals surface area contributed by atoms with Crippen LogP contribution in [0.1, 0.15) is 30.9 Å². The highest BCUT2D eigenvalue weighted by Crippen LogP contribution is 2.29. The molecule has 2 aromatic rings. The normalized spacial score (nSPS) is 17.5. The summed E-state index contributed by atoms with van der Waals surface area (Å²) in [5.74, 6) is -0.0464. The lowest BCUT2D eigenvalue weighted by Crippen LogP contribution is -2.55. The van der Waals surface area contributed by atoms with Gasteiger partial charge in [0, 0.05) is 5.54 Å². The van der Waals surface area contributed by atoms with E-state index in [2.05, 4.69) is 29.7 Å². The molecule has 0 bridgehead atoms. The molecule has 1 atom stereocenters. The Morgan fingerprint density at radius 3 is 2.46 bits per heavy atom. The number of amides is 1. The van der Waals surface area contributed by atoms with Crippen molar-refractivity contribution in [1.82, 2.24) is 10.6 Å². The second-order valence-corrected chi connectivity index (χ2v) is 7.42. The van der Waals surface area contributed by atoms with E-state index < -0.39 is 0 Å². The maximum absolute atomic E-state index is 13.9. The second kappa shape index (κ2) is 8.45. The van der Waals surface area contributed by atoms with Gasteiger partial charge < -0.3 is 10.6 Å². The predicted octanol–water partition coefficient (Wildman–Crippen LogP) is 3.49. The van der Waals surface area contributed by atoms with E-state index in [-0.39, 0.29) is 23.7 Å². The highest BCUT2D eigenvalue weighted by atomic mass is 19.1. The Bertz CT molecular complexity index is 728. The largest absolute Gasteiger partial charge is 0.350 e. The maximum atomic E-state index is 13.9. The first-order chi connectivity index (χ1) is 12.6. The summed E-state index contributed by atoms with van der Waals surface area (Å²) in [6.45, 7) is 4.08. The van der Waals surface area contributed by atoms with Crippen LogP contribution in [0.25, 0.3) is 0 Å². The zero-order valence-electron chi connectivity index (χ0n) is 15.3. The van der Waals surface area contributed by atoms with Gasteiger partial charge in [0.05, 0.1) is 6.42 Å². The number of rotatable bonds is 6. The van der Waals surface area contributed by atoms with Gasteiger partial charge >= 0.3 is 0 Å². The summed E-state index contributed by atoms with van der Waals surface area (Å²) in [5.41, 5.74) is 1.31. The Morgan fingerprint density at radius 1 is 1.12 bits per heavy atom. The van der Waals surface area contributed by atoms with Gasteiger partial charge in [-0.05, 0) is 62.4 Å². The molecule has 1 saturated heterocycles. The van der Waals surface area contributed by atoms with Crippen LogP contribution in [0.4, 0.5) is 4.39 Å². The summed E-state index contributed by atoms with van der Waals surface area (Å²) < 4.78 is 13.9. The zero-order valence-corrected chi connectivity index (χ0v) is 15.3. The van der Waals surface area contributed by atoms with Crippen molar-refractivity contribution < 1.29 is 9.18 Å². The van der Waals surface area contributed by atoms with E-state index in [0.29, 0.717) is 11.5 Å². The molecule has 138 valence electrons. The van der Waals surface area contributed by atoms with Crippen molar-refractivity contribution in [2.24, 2.45) is 5.92 Å². The number of hydrogen-bond acceptors (Lipinski definition) is 2. The Hall–Kier alpha value is -2.20. The van der Waals surface area contributed by atoms with Crippen LogP contribution in [0.15, 0.2) is 54.6 Å². The average molecular weight is 354 g/mol. The van der Waals surface area contributed by atoms with Crippen LogP contribution in [-0.2, 0) is 17.6 Å². The lowest BCUT2D eigenvalue weighted by Gasteiger charge is -2.41. The van der Waals surface area contributed by atoms with Gasteiger partial charge in [-0.2, -0.15) is 0 Å². The molecule has 0 radical (unpaired) electrons. The molecule has 1 fully saturated rings. The van der Waals surface area contributed by atoms with Gasteiger partial charge in [0.25, 0.3) is 0 Å². The summed E-state index contributed by atoms with van der Waals surface area (Å²) in [7, 11) is 0. The van der Waals surface area contributed by atoms with Gasteiger partial charge in [0.15, 0.2) is 0 Å². The quantitative estimate of drug-likeness (QED) is 0.834. The highest BCUT2D eigenvalue weighted by molar-refractivity contribution is 5.79. The Morgan fingerprint density at radius 2 is 1.77 bits per heavy atom. The minimum atomic E-state index is -0.341. The molecule has 0 spiro atoms. The topological polar surface area (TPSA) is 41.1 Å². The third-order valence-electron chi connectivity index (χ3n) is 5.39. The fraction of sp³-hybridized carbons (Fsp3) is 0.409. The molecule has 1 aliphatic heterocycles. The number of nitrogens with one attached hydrogen (secondary N) is 2. The van der Waals surface area contributed by atoms with E-state index >= 15 is 0 Å². The Labute approximate surface area is 155 Å². The number of carbonyl (C=O) groups is 1. The third kappa shape index (κ3) is 4.70. The lowest BCUT2D eigenvalue weighted by molar-refractivity contribution is -0.123. The summed E-state index contributed by atoms with van der Waals surface area (Å²) in [6.07, 6.45) is 2.91. The standard InChI is InChI=1S/C22H27FN2O/c1-22(19-11-13-24-14-12-19,16-17-7-3-2-4-8-17)25-21(26)15-18-9-5-6-10-20(18)23/h2-10,19,24H,11-16H2,1H3,(H,25,26). The molecule has 1 aliphatic rings. The van der Waals surface area contributed by atoms with E-state index in [1.165, 1.54) is 11.6 Å². The predicted molar refractivity (Wildman–Crippen MR) is 102 cm³/mol. The van der Waals surface area contributed by atoms with Crippen molar-refractivity contribution in [2.75, 3.05) is 13.1 Å². The highest BCUT2D eigenvalue weighted by Gasteiger charge is 2.36. The van der Waals surface area contributed by atoms with Crippen LogP contribution in [0, 0.1) is 11.7 Å². The van der Waals surface area contributed by atoms with Gasteiger partial charge in [-0.15, -0.1) is 0 Å². The van der Waals surface area contributed by atoms with Gasteiger partial charge in [-0.1, -0.05) is 48.5 Å². The van der Waals surface area contributed by atoms with Gasteiger partial charge in [0.1, 0.15) is 5.82 Å². The second-order valence-electron chi connectivity index (χ2n) is 7.42. The minimum Gasteiger partial charge on any atom is -0.350 e. The number of hydrogen-bond donors (Lipinski definition) is 2. The number of carbonyl (C=O) groups excluding carboxylic acids is 1. The van der Waals surface area contributed by atoms with E-state index in [1.54, 1.807) is 18.2 Å². The molecule has 1 unspecified atom stereocenters. The van der Waals surface area contributed by atoms with Crippen molar-refractivity contribution in [3.05, 3.63) is 71.5 Å². The molecule has 0 aromatic heterocycles. The first-order valence-electron chi connectivity index (χ1n) is 9.36. The van der Waals surface area contributed by atoms with E-state index in [0.717, 1.165) is 32.4 Å². The van der Waals surface area contributed by atoms with Crippen molar-refractivity contribution in [1.29, 1.82) is 0 Å². The maximum Gasteiger partial charge on any atom is 0.224 e. The smallest absolute Gasteiger partial charge is 0.224 e. The number of halogens is 1. The fourth-order valence-corrected chi connectivity index (χ4v) is 3.95. The molecule has 2 aromatic carbocycles. The lowest BCUT2D eigenvalue weighted by atomic mass is 9.75. The van der Waals surface area contributed by atoms with Crippen molar-refractivity contribution in [3.63, 3.8) is 0 Å². The van der Waals surface area contributed by atoms with Crippen LogP contribution < -0.4 is 10.6 Å². The monoisotopic (exact) mass is 354 g/mol. The summed E-state index contributed by atoms with van der Waals surface area (Å²) in [6, 6.07) is 16.7. The molecular weight excluding hydrogens is 327 g/mol. The zero-order chi connectivity index (χ0) is 18.4. The molecular formula is C22H27FN2O. The molecule has 26 heavy (non-hydrogen) atoms.